The minimum Gasteiger partial charge on any atom is -0.397 e. The van der Waals surface area contributed by atoms with Crippen molar-refractivity contribution in [3.8, 4) is 34.0 Å². The Hall–Kier alpha value is -5.52. The van der Waals surface area contributed by atoms with Crippen LogP contribution >= 0.6 is 11.6 Å². The van der Waals surface area contributed by atoms with E-state index in [0.717, 1.165) is 11.3 Å². The number of anilines is 1. The Morgan fingerprint density at radius 2 is 1.48 bits per heavy atom. The predicted octanol–water partition coefficient (Wildman–Crippen LogP) is 6.19. The highest BCUT2D eigenvalue weighted by molar-refractivity contribution is 7.90. The van der Waals surface area contributed by atoms with Gasteiger partial charge in [0.15, 0.2) is 5.65 Å². The summed E-state index contributed by atoms with van der Waals surface area (Å²) in [5.41, 5.74) is 10.8. The molecule has 0 aliphatic rings. The summed E-state index contributed by atoms with van der Waals surface area (Å²) in [5.74, 6) is 0.362. The van der Waals surface area contributed by atoms with Crippen LogP contribution < -0.4 is 11.3 Å². The molecule has 0 atom stereocenters. The second-order valence-corrected chi connectivity index (χ2v) is 13.0. The summed E-state index contributed by atoms with van der Waals surface area (Å²) in [5, 5.41) is 5.28. The van der Waals surface area contributed by atoms with Crippen LogP contribution in [0.1, 0.15) is 11.4 Å². The fourth-order valence-electron chi connectivity index (χ4n) is 5.46. The van der Waals surface area contributed by atoms with E-state index in [4.69, 9.17) is 22.3 Å². The van der Waals surface area contributed by atoms with Gasteiger partial charge in [0.2, 0.25) is 0 Å². The summed E-state index contributed by atoms with van der Waals surface area (Å²) in [6, 6.07) is 28.0. The average molecular weight is 648 g/mol. The Morgan fingerprint density at radius 1 is 0.783 bits per heavy atom. The predicted molar refractivity (Wildman–Crippen MR) is 179 cm³/mol. The van der Waals surface area contributed by atoms with Crippen LogP contribution in [-0.2, 0) is 10.0 Å². The van der Waals surface area contributed by atoms with Gasteiger partial charge in [-0.15, -0.1) is 0 Å². The van der Waals surface area contributed by atoms with Gasteiger partial charge in [-0.05, 0) is 80.6 Å². The van der Waals surface area contributed by atoms with E-state index in [-0.39, 0.29) is 21.5 Å². The molecule has 10 nitrogen and oxygen atoms in total. The van der Waals surface area contributed by atoms with E-state index >= 15 is 0 Å². The molecular formula is C34H26ClN7O3S. The van der Waals surface area contributed by atoms with Crippen molar-refractivity contribution in [2.24, 2.45) is 0 Å². The Morgan fingerprint density at radius 3 is 2.15 bits per heavy atom. The van der Waals surface area contributed by atoms with Crippen molar-refractivity contribution in [1.29, 1.82) is 0 Å². The number of fused-ring (bicyclic) bond motifs is 1. The summed E-state index contributed by atoms with van der Waals surface area (Å²) in [7, 11) is -3.89. The molecule has 0 saturated heterocycles. The number of rotatable bonds is 6. The minimum atomic E-state index is -3.89. The van der Waals surface area contributed by atoms with Crippen molar-refractivity contribution >= 4 is 38.3 Å². The van der Waals surface area contributed by atoms with Gasteiger partial charge >= 0.3 is 0 Å². The number of aryl methyl sites for hydroxylation is 2. The topological polar surface area (TPSA) is 131 Å². The Labute approximate surface area is 269 Å². The maximum absolute atomic E-state index is 14.1. The van der Waals surface area contributed by atoms with Gasteiger partial charge in [-0.3, -0.25) is 14.3 Å². The monoisotopic (exact) mass is 647 g/mol. The third kappa shape index (κ3) is 4.95. The van der Waals surface area contributed by atoms with Gasteiger partial charge in [0.25, 0.3) is 15.6 Å². The number of hydrogen-bond acceptors (Lipinski definition) is 7. The molecule has 7 rings (SSSR count). The van der Waals surface area contributed by atoms with Crippen molar-refractivity contribution in [2.45, 2.75) is 18.7 Å². The SMILES string of the molecule is Cc1ccc(C)n1S(=O)(=O)c1cccc(-n2ncc3c(=O)n(-c4ccc(Cl)cc4)c(-c4ccc(-c5ccc(N)cn5)cc4)nc32)c1. The minimum absolute atomic E-state index is 0.0812. The summed E-state index contributed by atoms with van der Waals surface area (Å²) in [6.07, 6.45) is 3.04. The van der Waals surface area contributed by atoms with E-state index < -0.39 is 10.0 Å². The number of halogens is 1. The first-order valence-corrected chi connectivity index (χ1v) is 16.0. The van der Waals surface area contributed by atoms with Crippen LogP contribution in [0.3, 0.4) is 0 Å². The van der Waals surface area contributed by atoms with Crippen LogP contribution in [0.25, 0.3) is 45.1 Å². The van der Waals surface area contributed by atoms with Crippen molar-refractivity contribution in [1.82, 2.24) is 28.3 Å². The Kier molecular flexibility index (Phi) is 7.07. The van der Waals surface area contributed by atoms with Crippen LogP contribution in [0.2, 0.25) is 5.02 Å². The molecule has 46 heavy (non-hydrogen) atoms. The fourth-order valence-corrected chi connectivity index (χ4v) is 7.20. The van der Waals surface area contributed by atoms with Crippen molar-refractivity contribution < 1.29 is 8.42 Å². The molecule has 0 bridgehead atoms. The van der Waals surface area contributed by atoms with E-state index in [1.165, 1.54) is 31.6 Å². The Bertz CT molecular complexity index is 2410. The molecule has 0 spiro atoms. The molecule has 228 valence electrons. The average Bonchev–Trinajstić information content (AvgIpc) is 3.65. The number of nitrogens with zero attached hydrogens (tertiary/aromatic N) is 6. The number of benzene rings is 3. The summed E-state index contributed by atoms with van der Waals surface area (Å²) >= 11 is 6.17. The number of pyridine rings is 1. The fraction of sp³-hybridized carbons (Fsp3) is 0.0588. The maximum Gasteiger partial charge on any atom is 0.269 e. The highest BCUT2D eigenvalue weighted by Gasteiger charge is 2.23. The molecule has 4 aromatic heterocycles. The molecule has 0 unspecified atom stereocenters. The third-order valence-electron chi connectivity index (χ3n) is 7.72. The number of nitrogens with two attached hydrogens (primary N) is 1. The number of hydrogen-bond donors (Lipinski definition) is 1. The second kappa shape index (κ2) is 11.1. The Balaban J connectivity index is 1.40. The molecule has 0 aliphatic heterocycles. The van der Waals surface area contributed by atoms with E-state index in [0.29, 0.717) is 44.9 Å². The summed E-state index contributed by atoms with van der Waals surface area (Å²) < 4.78 is 31.6. The first-order valence-electron chi connectivity index (χ1n) is 14.2. The van der Waals surface area contributed by atoms with Gasteiger partial charge in [-0.25, -0.2) is 22.1 Å². The zero-order valence-electron chi connectivity index (χ0n) is 24.7. The smallest absolute Gasteiger partial charge is 0.269 e. The number of nitrogen functional groups attached to an aromatic ring is 1. The molecule has 0 fully saturated rings. The van der Waals surface area contributed by atoms with Crippen LogP contribution in [0.15, 0.2) is 119 Å². The molecule has 12 heteroatoms. The highest BCUT2D eigenvalue weighted by Crippen LogP contribution is 2.28. The first kappa shape index (κ1) is 29.2. The number of aromatic nitrogens is 6. The highest BCUT2D eigenvalue weighted by atomic mass is 35.5. The lowest BCUT2D eigenvalue weighted by atomic mass is 10.1. The standard InChI is InChI=1S/C34H26ClN7O3S/c1-21-6-7-22(2)42(21)46(44,45)29-5-3-4-28(18-29)41-33-30(20-38-41)34(43)40(27-15-12-25(35)13-16-27)32(39-33)24-10-8-23(9-11-24)31-17-14-26(36)19-37-31/h3-20H,36H2,1-2H3. The van der Waals surface area contributed by atoms with Gasteiger partial charge in [-0.2, -0.15) is 5.10 Å². The van der Waals surface area contributed by atoms with Crippen molar-refractivity contribution in [3.05, 3.63) is 136 Å². The van der Waals surface area contributed by atoms with E-state index in [1.54, 1.807) is 74.6 Å². The zero-order valence-corrected chi connectivity index (χ0v) is 26.2. The van der Waals surface area contributed by atoms with Crippen LogP contribution in [0.4, 0.5) is 5.69 Å². The lowest BCUT2D eigenvalue weighted by molar-refractivity contribution is 0.585. The van der Waals surface area contributed by atoms with Crippen LogP contribution in [0, 0.1) is 13.8 Å². The normalized spacial score (nSPS) is 11.7. The van der Waals surface area contributed by atoms with E-state index in [1.807, 2.05) is 30.3 Å². The third-order valence-corrected chi connectivity index (χ3v) is 9.88. The van der Waals surface area contributed by atoms with Crippen LogP contribution in [-0.4, -0.2) is 36.7 Å². The zero-order chi connectivity index (χ0) is 32.2. The molecule has 2 N–H and O–H groups in total. The molecule has 3 aromatic carbocycles. The van der Waals surface area contributed by atoms with Gasteiger partial charge in [0.1, 0.15) is 11.2 Å². The van der Waals surface area contributed by atoms with Gasteiger partial charge in [0.05, 0.1) is 40.0 Å². The van der Waals surface area contributed by atoms with Crippen LogP contribution in [0.5, 0.6) is 0 Å². The molecule has 0 radical (unpaired) electrons. The van der Waals surface area contributed by atoms with Gasteiger partial charge in [0, 0.05) is 27.5 Å². The van der Waals surface area contributed by atoms with Gasteiger partial charge in [-0.1, -0.05) is 41.9 Å². The maximum atomic E-state index is 14.1. The summed E-state index contributed by atoms with van der Waals surface area (Å²) in [6.45, 7) is 3.48. The van der Waals surface area contributed by atoms with E-state index in [9.17, 15) is 13.2 Å². The van der Waals surface area contributed by atoms with Crippen molar-refractivity contribution in [2.75, 3.05) is 5.73 Å². The molecule has 4 heterocycles. The molecule has 0 amide bonds. The molecular weight excluding hydrogens is 622 g/mol. The largest absolute Gasteiger partial charge is 0.397 e. The lowest BCUT2D eigenvalue weighted by Crippen LogP contribution is -2.22. The van der Waals surface area contributed by atoms with E-state index in [2.05, 4.69) is 10.1 Å². The van der Waals surface area contributed by atoms with Gasteiger partial charge < -0.3 is 5.73 Å². The quantitative estimate of drug-likeness (QED) is 0.228. The molecule has 0 aliphatic carbocycles. The van der Waals surface area contributed by atoms with Crippen molar-refractivity contribution in [3.63, 3.8) is 0 Å². The molecule has 0 saturated carbocycles. The first-order chi connectivity index (χ1) is 22.1. The second-order valence-electron chi connectivity index (χ2n) is 10.8. The molecule has 7 aromatic rings. The lowest BCUT2D eigenvalue weighted by Gasteiger charge is -2.15. The summed E-state index contributed by atoms with van der Waals surface area (Å²) in [4.78, 5) is 23.6.